The molecule has 0 radical (unpaired) electrons. The van der Waals surface area contributed by atoms with Gasteiger partial charge in [0, 0.05) is 31.4 Å². The third-order valence-corrected chi connectivity index (χ3v) is 3.47. The molecule has 2 rings (SSSR count). The van der Waals surface area contributed by atoms with Crippen LogP contribution in [0.4, 0.5) is 0 Å². The quantitative estimate of drug-likeness (QED) is 0.711. The van der Waals surface area contributed by atoms with Gasteiger partial charge < -0.3 is 11.1 Å². The Morgan fingerprint density at radius 2 is 2.44 bits per heavy atom. The van der Waals surface area contributed by atoms with Gasteiger partial charge >= 0.3 is 0 Å². The molecule has 1 unspecified atom stereocenters. The number of rotatable bonds is 6. The first kappa shape index (κ1) is 11.6. The van der Waals surface area contributed by atoms with Crippen molar-refractivity contribution in [3.05, 3.63) is 18.0 Å². The number of aromatic nitrogens is 2. The zero-order chi connectivity index (χ0) is 11.4. The molecule has 1 aliphatic carbocycles. The van der Waals surface area contributed by atoms with Gasteiger partial charge in [0.2, 0.25) is 0 Å². The highest BCUT2D eigenvalue weighted by Gasteiger charge is 2.16. The second kappa shape index (κ2) is 5.46. The van der Waals surface area contributed by atoms with Crippen LogP contribution >= 0.6 is 0 Å². The summed E-state index contributed by atoms with van der Waals surface area (Å²) in [6.45, 7) is 1.94. The van der Waals surface area contributed by atoms with E-state index in [0.717, 1.165) is 24.6 Å². The van der Waals surface area contributed by atoms with Crippen LogP contribution in [0.25, 0.3) is 0 Å². The van der Waals surface area contributed by atoms with Crippen molar-refractivity contribution in [3.63, 3.8) is 0 Å². The summed E-state index contributed by atoms with van der Waals surface area (Å²) in [6, 6.07) is 0.0649. The number of hydrogen-bond donors (Lipinski definition) is 2. The summed E-state index contributed by atoms with van der Waals surface area (Å²) in [5.41, 5.74) is 7.17. The van der Waals surface area contributed by atoms with Crippen LogP contribution in [0, 0.1) is 5.92 Å². The van der Waals surface area contributed by atoms with E-state index in [0.29, 0.717) is 0 Å². The Bertz CT molecular complexity index is 317. The fourth-order valence-corrected chi connectivity index (χ4v) is 2.09. The summed E-state index contributed by atoms with van der Waals surface area (Å²) >= 11 is 0. The van der Waals surface area contributed by atoms with Crippen molar-refractivity contribution in [1.82, 2.24) is 15.1 Å². The third kappa shape index (κ3) is 3.06. The van der Waals surface area contributed by atoms with Crippen LogP contribution in [0.15, 0.2) is 12.4 Å². The SMILES string of the molecule is Cn1cc(C(N)CNCCC2CCC2)cn1. The number of nitrogens with zero attached hydrogens (tertiary/aromatic N) is 2. The van der Waals surface area contributed by atoms with Gasteiger partial charge in [-0.1, -0.05) is 19.3 Å². The van der Waals surface area contributed by atoms with Gasteiger partial charge in [0.1, 0.15) is 0 Å². The summed E-state index contributed by atoms with van der Waals surface area (Å²) in [6.07, 6.45) is 9.42. The van der Waals surface area contributed by atoms with Crippen LogP contribution in [0.3, 0.4) is 0 Å². The van der Waals surface area contributed by atoms with Crippen LogP contribution in [0.2, 0.25) is 0 Å². The highest BCUT2D eigenvalue weighted by molar-refractivity contribution is 5.09. The molecule has 1 atom stereocenters. The molecule has 90 valence electrons. The largest absolute Gasteiger partial charge is 0.323 e. The zero-order valence-electron chi connectivity index (χ0n) is 10.0. The van der Waals surface area contributed by atoms with Gasteiger partial charge in [-0.2, -0.15) is 5.10 Å². The first-order valence-electron chi connectivity index (χ1n) is 6.20. The smallest absolute Gasteiger partial charge is 0.0537 e. The van der Waals surface area contributed by atoms with E-state index in [9.17, 15) is 0 Å². The number of aryl methyl sites for hydroxylation is 1. The van der Waals surface area contributed by atoms with Crippen LogP contribution in [-0.4, -0.2) is 22.9 Å². The Morgan fingerprint density at radius 3 is 3.00 bits per heavy atom. The zero-order valence-corrected chi connectivity index (χ0v) is 10.0. The molecular formula is C12H22N4. The molecule has 1 heterocycles. The molecule has 0 aromatic carbocycles. The first-order valence-corrected chi connectivity index (χ1v) is 6.20. The maximum Gasteiger partial charge on any atom is 0.0537 e. The molecule has 0 saturated heterocycles. The van der Waals surface area contributed by atoms with Crippen LogP contribution in [0.5, 0.6) is 0 Å². The summed E-state index contributed by atoms with van der Waals surface area (Å²) in [4.78, 5) is 0. The fourth-order valence-electron chi connectivity index (χ4n) is 2.09. The minimum atomic E-state index is 0.0649. The molecule has 1 aromatic heterocycles. The topological polar surface area (TPSA) is 55.9 Å². The molecule has 4 heteroatoms. The van der Waals surface area contributed by atoms with E-state index < -0.39 is 0 Å². The Labute approximate surface area is 97.2 Å². The Morgan fingerprint density at radius 1 is 1.62 bits per heavy atom. The Balaban J connectivity index is 1.61. The van der Waals surface area contributed by atoms with Crippen molar-refractivity contribution in [2.45, 2.75) is 31.7 Å². The Hall–Kier alpha value is -0.870. The molecule has 1 saturated carbocycles. The summed E-state index contributed by atoms with van der Waals surface area (Å²) in [5.74, 6) is 0.974. The average molecular weight is 222 g/mol. The molecule has 16 heavy (non-hydrogen) atoms. The van der Waals surface area contributed by atoms with Gasteiger partial charge in [-0.15, -0.1) is 0 Å². The van der Waals surface area contributed by atoms with E-state index in [2.05, 4.69) is 10.4 Å². The first-order chi connectivity index (χ1) is 7.75. The van der Waals surface area contributed by atoms with E-state index in [-0.39, 0.29) is 6.04 Å². The molecule has 0 bridgehead atoms. The van der Waals surface area contributed by atoms with Gasteiger partial charge in [-0.25, -0.2) is 0 Å². The molecule has 4 nitrogen and oxygen atoms in total. The standard InChI is InChI=1S/C12H22N4/c1-16-9-11(7-15-16)12(13)8-14-6-5-10-3-2-4-10/h7,9-10,12,14H,2-6,8,13H2,1H3. The predicted molar refractivity (Wildman–Crippen MR) is 65.0 cm³/mol. The number of nitrogens with two attached hydrogens (primary N) is 1. The Kier molecular flexibility index (Phi) is 3.96. The van der Waals surface area contributed by atoms with Crippen LogP contribution in [-0.2, 0) is 7.05 Å². The summed E-state index contributed by atoms with van der Waals surface area (Å²) in [5, 5.41) is 7.56. The van der Waals surface area contributed by atoms with Crippen molar-refractivity contribution in [1.29, 1.82) is 0 Å². The highest BCUT2D eigenvalue weighted by Crippen LogP contribution is 2.28. The predicted octanol–water partition coefficient (Wildman–Crippen LogP) is 1.20. The number of hydrogen-bond acceptors (Lipinski definition) is 3. The second-order valence-electron chi connectivity index (χ2n) is 4.84. The minimum Gasteiger partial charge on any atom is -0.323 e. The van der Waals surface area contributed by atoms with Gasteiger partial charge in [0.05, 0.1) is 6.20 Å². The van der Waals surface area contributed by atoms with Gasteiger partial charge in [0.25, 0.3) is 0 Å². The van der Waals surface area contributed by atoms with E-state index in [1.165, 1.54) is 25.7 Å². The molecule has 0 amide bonds. The molecule has 0 spiro atoms. The van der Waals surface area contributed by atoms with Crippen molar-refractivity contribution < 1.29 is 0 Å². The average Bonchev–Trinajstić information content (AvgIpc) is 2.61. The van der Waals surface area contributed by atoms with Crippen molar-refractivity contribution in [3.8, 4) is 0 Å². The van der Waals surface area contributed by atoms with Crippen molar-refractivity contribution in [2.24, 2.45) is 18.7 Å². The van der Waals surface area contributed by atoms with Crippen LogP contribution < -0.4 is 11.1 Å². The molecular weight excluding hydrogens is 200 g/mol. The highest BCUT2D eigenvalue weighted by atomic mass is 15.2. The van der Waals surface area contributed by atoms with Crippen molar-refractivity contribution in [2.75, 3.05) is 13.1 Å². The summed E-state index contributed by atoms with van der Waals surface area (Å²) in [7, 11) is 1.92. The van der Waals surface area contributed by atoms with Gasteiger partial charge in [0.15, 0.2) is 0 Å². The maximum atomic E-state index is 6.06. The molecule has 1 fully saturated rings. The molecule has 0 aliphatic heterocycles. The lowest BCUT2D eigenvalue weighted by Gasteiger charge is -2.25. The molecule has 3 N–H and O–H groups in total. The second-order valence-corrected chi connectivity index (χ2v) is 4.84. The lowest BCUT2D eigenvalue weighted by Crippen LogP contribution is -2.29. The lowest BCUT2D eigenvalue weighted by atomic mass is 9.83. The number of nitrogens with one attached hydrogen (secondary N) is 1. The van der Waals surface area contributed by atoms with E-state index in [4.69, 9.17) is 5.73 Å². The maximum absolute atomic E-state index is 6.06. The lowest BCUT2D eigenvalue weighted by molar-refractivity contribution is 0.291. The summed E-state index contributed by atoms with van der Waals surface area (Å²) < 4.78 is 1.80. The normalized spacial score (nSPS) is 18.4. The monoisotopic (exact) mass is 222 g/mol. The van der Waals surface area contributed by atoms with Gasteiger partial charge in [-0.3, -0.25) is 4.68 Å². The fraction of sp³-hybridized carbons (Fsp3) is 0.750. The van der Waals surface area contributed by atoms with Gasteiger partial charge in [-0.05, 0) is 18.9 Å². The minimum absolute atomic E-state index is 0.0649. The third-order valence-electron chi connectivity index (χ3n) is 3.47. The van der Waals surface area contributed by atoms with E-state index >= 15 is 0 Å². The van der Waals surface area contributed by atoms with Crippen molar-refractivity contribution >= 4 is 0 Å². The molecule has 1 aliphatic rings. The van der Waals surface area contributed by atoms with E-state index in [1.54, 1.807) is 4.68 Å². The van der Waals surface area contributed by atoms with E-state index in [1.807, 2.05) is 19.4 Å². The van der Waals surface area contributed by atoms with Crippen LogP contribution in [0.1, 0.15) is 37.3 Å². The molecule has 1 aromatic rings.